The molecule has 5 heteroatoms. The molecule has 0 aliphatic heterocycles. The van der Waals surface area contributed by atoms with Crippen molar-refractivity contribution in [3.05, 3.63) is 67.0 Å². The van der Waals surface area contributed by atoms with Gasteiger partial charge < -0.3 is 14.2 Å². The Morgan fingerprint density at radius 1 is 0.846 bits per heavy atom. The number of aromatic nitrogens is 1. The molecule has 130 valence electrons. The summed E-state index contributed by atoms with van der Waals surface area (Å²) < 4.78 is 18.0. The van der Waals surface area contributed by atoms with Gasteiger partial charge in [-0.25, -0.2) is 0 Å². The summed E-state index contributed by atoms with van der Waals surface area (Å²) in [7, 11) is 3.34. The lowest BCUT2D eigenvalue weighted by atomic mass is 10.1. The van der Waals surface area contributed by atoms with Crippen molar-refractivity contribution in [3.8, 4) is 33.4 Å². The lowest BCUT2D eigenvalue weighted by Crippen LogP contribution is -1.87. The van der Waals surface area contributed by atoms with E-state index in [0.717, 1.165) is 37.8 Å². The highest BCUT2D eigenvalue weighted by Crippen LogP contribution is 2.47. The number of pyridine rings is 1. The molecule has 0 radical (unpaired) electrons. The van der Waals surface area contributed by atoms with Crippen molar-refractivity contribution < 1.29 is 14.2 Å². The first kappa shape index (κ1) is 16.4. The van der Waals surface area contributed by atoms with Gasteiger partial charge >= 0.3 is 0 Å². The van der Waals surface area contributed by atoms with Crippen LogP contribution in [0.2, 0.25) is 0 Å². The van der Waals surface area contributed by atoms with Crippen LogP contribution in [0.25, 0.3) is 20.5 Å². The normalized spacial score (nSPS) is 10.7. The summed E-state index contributed by atoms with van der Waals surface area (Å²) in [5.41, 5.74) is 1.07. The molecule has 0 saturated heterocycles. The molecule has 4 nitrogen and oxygen atoms in total. The molecule has 0 spiro atoms. The standard InChI is InChI=1S/C21H17NO3S/c1-23-15-7-5-14(6-8-15)21-20(25-17-4-3-11-22-13-17)18-10-9-16(24-2)12-19(18)26-21/h3-13H,1-2H3. The highest BCUT2D eigenvalue weighted by Gasteiger charge is 2.17. The molecule has 0 atom stereocenters. The van der Waals surface area contributed by atoms with E-state index < -0.39 is 0 Å². The van der Waals surface area contributed by atoms with Gasteiger partial charge in [0.25, 0.3) is 0 Å². The zero-order chi connectivity index (χ0) is 17.9. The fourth-order valence-corrected chi connectivity index (χ4v) is 3.90. The molecule has 4 aromatic rings. The van der Waals surface area contributed by atoms with E-state index in [1.54, 1.807) is 38.0 Å². The second kappa shape index (κ2) is 7.06. The minimum absolute atomic E-state index is 0.706. The van der Waals surface area contributed by atoms with E-state index >= 15 is 0 Å². The molecular formula is C21H17NO3S. The molecular weight excluding hydrogens is 346 g/mol. The van der Waals surface area contributed by atoms with E-state index in [9.17, 15) is 0 Å². The van der Waals surface area contributed by atoms with Crippen molar-refractivity contribution >= 4 is 21.4 Å². The number of hydrogen-bond donors (Lipinski definition) is 0. The third-order valence-corrected chi connectivity index (χ3v) is 5.24. The van der Waals surface area contributed by atoms with Crippen LogP contribution in [0.5, 0.6) is 23.0 Å². The van der Waals surface area contributed by atoms with Crippen LogP contribution in [0, 0.1) is 0 Å². The third kappa shape index (κ3) is 3.09. The zero-order valence-corrected chi connectivity index (χ0v) is 15.2. The summed E-state index contributed by atoms with van der Waals surface area (Å²) in [6, 6.07) is 17.8. The molecule has 0 N–H and O–H groups in total. The van der Waals surface area contributed by atoms with Crippen LogP contribution in [-0.4, -0.2) is 19.2 Å². The number of nitrogens with zero attached hydrogens (tertiary/aromatic N) is 1. The van der Waals surface area contributed by atoms with Crippen LogP contribution in [0.3, 0.4) is 0 Å². The summed E-state index contributed by atoms with van der Waals surface area (Å²) in [5.74, 6) is 3.18. The van der Waals surface area contributed by atoms with Crippen LogP contribution in [0.1, 0.15) is 0 Å². The van der Waals surface area contributed by atoms with Crippen LogP contribution in [-0.2, 0) is 0 Å². The SMILES string of the molecule is COc1ccc(-c2sc3cc(OC)ccc3c2Oc2cccnc2)cc1. The van der Waals surface area contributed by atoms with Gasteiger partial charge in [0.05, 0.1) is 25.3 Å². The first-order chi connectivity index (χ1) is 12.8. The minimum atomic E-state index is 0.706. The van der Waals surface area contributed by atoms with E-state index in [4.69, 9.17) is 14.2 Å². The molecule has 4 rings (SSSR count). The van der Waals surface area contributed by atoms with Gasteiger partial charge in [0, 0.05) is 16.3 Å². The third-order valence-electron chi connectivity index (χ3n) is 4.06. The van der Waals surface area contributed by atoms with Crippen molar-refractivity contribution in [2.75, 3.05) is 14.2 Å². The topological polar surface area (TPSA) is 40.6 Å². The molecule has 0 unspecified atom stereocenters. The van der Waals surface area contributed by atoms with Crippen molar-refractivity contribution in [3.63, 3.8) is 0 Å². The Morgan fingerprint density at radius 2 is 1.62 bits per heavy atom. The second-order valence-corrected chi connectivity index (χ2v) is 6.69. The van der Waals surface area contributed by atoms with Gasteiger partial charge in [-0.1, -0.05) is 0 Å². The van der Waals surface area contributed by atoms with Gasteiger partial charge in [-0.05, 0) is 60.2 Å². The Morgan fingerprint density at radius 3 is 2.31 bits per heavy atom. The lowest BCUT2D eigenvalue weighted by Gasteiger charge is -2.08. The first-order valence-electron chi connectivity index (χ1n) is 8.11. The summed E-state index contributed by atoms with van der Waals surface area (Å²) in [6.45, 7) is 0. The summed E-state index contributed by atoms with van der Waals surface area (Å²) >= 11 is 1.67. The maximum atomic E-state index is 6.22. The first-order valence-corrected chi connectivity index (χ1v) is 8.93. The predicted octanol–water partition coefficient (Wildman–Crippen LogP) is 5.77. The average molecular weight is 363 g/mol. The van der Waals surface area contributed by atoms with Crippen molar-refractivity contribution in [1.29, 1.82) is 0 Å². The molecule has 2 aromatic heterocycles. The number of hydrogen-bond acceptors (Lipinski definition) is 5. The monoisotopic (exact) mass is 363 g/mol. The Bertz CT molecular complexity index is 1030. The van der Waals surface area contributed by atoms with E-state index in [2.05, 4.69) is 4.98 Å². The smallest absolute Gasteiger partial charge is 0.153 e. The van der Waals surface area contributed by atoms with E-state index in [-0.39, 0.29) is 0 Å². The van der Waals surface area contributed by atoms with Crippen LogP contribution >= 0.6 is 11.3 Å². The second-order valence-electron chi connectivity index (χ2n) is 5.64. The number of methoxy groups -OCH3 is 2. The largest absolute Gasteiger partial charge is 0.497 e. The van der Waals surface area contributed by atoms with Gasteiger partial charge in [-0.2, -0.15) is 0 Å². The zero-order valence-electron chi connectivity index (χ0n) is 14.4. The summed E-state index contributed by atoms with van der Waals surface area (Å²) in [4.78, 5) is 5.19. The Kier molecular flexibility index (Phi) is 4.46. The average Bonchev–Trinajstić information content (AvgIpc) is 3.06. The van der Waals surface area contributed by atoms with Gasteiger partial charge in [0.2, 0.25) is 0 Å². The lowest BCUT2D eigenvalue weighted by molar-refractivity contribution is 0.415. The Balaban J connectivity index is 1.87. The molecule has 26 heavy (non-hydrogen) atoms. The Hall–Kier alpha value is -3.05. The van der Waals surface area contributed by atoms with Crippen LogP contribution < -0.4 is 14.2 Å². The van der Waals surface area contributed by atoms with Crippen molar-refractivity contribution in [1.82, 2.24) is 4.98 Å². The molecule has 2 aromatic carbocycles. The van der Waals surface area contributed by atoms with Gasteiger partial charge in [-0.15, -0.1) is 11.3 Å². The fourth-order valence-electron chi connectivity index (χ4n) is 2.74. The van der Waals surface area contributed by atoms with Gasteiger partial charge in [-0.3, -0.25) is 4.98 Å². The predicted molar refractivity (Wildman–Crippen MR) is 105 cm³/mol. The highest BCUT2D eigenvalue weighted by molar-refractivity contribution is 7.22. The minimum Gasteiger partial charge on any atom is -0.497 e. The molecule has 0 aliphatic rings. The van der Waals surface area contributed by atoms with Crippen molar-refractivity contribution in [2.45, 2.75) is 0 Å². The number of fused-ring (bicyclic) bond motifs is 1. The van der Waals surface area contributed by atoms with E-state index in [1.807, 2.05) is 54.6 Å². The quantitative estimate of drug-likeness (QED) is 0.451. The van der Waals surface area contributed by atoms with Crippen LogP contribution in [0.4, 0.5) is 0 Å². The highest BCUT2D eigenvalue weighted by atomic mass is 32.1. The number of rotatable bonds is 5. The molecule has 0 fully saturated rings. The van der Waals surface area contributed by atoms with E-state index in [0.29, 0.717) is 5.75 Å². The molecule has 0 aliphatic carbocycles. The van der Waals surface area contributed by atoms with Crippen LogP contribution in [0.15, 0.2) is 67.0 Å². The van der Waals surface area contributed by atoms with Crippen molar-refractivity contribution in [2.24, 2.45) is 0 Å². The molecule has 2 heterocycles. The number of thiophene rings is 1. The molecule has 0 amide bonds. The number of ether oxygens (including phenoxy) is 3. The molecule has 0 bridgehead atoms. The van der Waals surface area contributed by atoms with Gasteiger partial charge in [0.1, 0.15) is 17.2 Å². The maximum absolute atomic E-state index is 6.22. The van der Waals surface area contributed by atoms with Gasteiger partial charge in [0.15, 0.2) is 5.75 Å². The molecule has 0 saturated carbocycles. The fraction of sp³-hybridized carbons (Fsp3) is 0.0952. The summed E-state index contributed by atoms with van der Waals surface area (Å²) in [6.07, 6.45) is 3.44. The maximum Gasteiger partial charge on any atom is 0.153 e. The Labute approximate surface area is 155 Å². The van der Waals surface area contributed by atoms with E-state index in [1.165, 1.54) is 0 Å². The number of benzene rings is 2. The summed E-state index contributed by atoms with van der Waals surface area (Å²) in [5, 5.41) is 1.05.